The minimum absolute atomic E-state index is 0.0492. The molecule has 1 fully saturated rings. The highest BCUT2D eigenvalue weighted by Gasteiger charge is 2.22. The van der Waals surface area contributed by atoms with Crippen molar-refractivity contribution >= 4 is 21.6 Å². The molecule has 1 saturated heterocycles. The summed E-state index contributed by atoms with van der Waals surface area (Å²) in [5.74, 6) is 0. The first-order chi connectivity index (χ1) is 8.09. The van der Waals surface area contributed by atoms with Crippen molar-refractivity contribution in [2.75, 3.05) is 24.7 Å². The molecule has 3 nitrogen and oxygen atoms in total. The molecule has 0 bridgehead atoms. The van der Waals surface area contributed by atoms with Gasteiger partial charge in [0.25, 0.3) is 0 Å². The van der Waals surface area contributed by atoms with Crippen LogP contribution in [0.2, 0.25) is 0 Å². The fourth-order valence-corrected chi connectivity index (χ4v) is 2.58. The number of halogens is 1. The molecule has 94 valence electrons. The molecule has 1 aromatic carbocycles. The van der Waals surface area contributed by atoms with Gasteiger partial charge in [-0.25, -0.2) is 0 Å². The third kappa shape index (κ3) is 2.81. The SMILES string of the molecule is CC(N)c1ccc(Br)cc1N1CCOCC1C. The Morgan fingerprint density at radius 2 is 2.29 bits per heavy atom. The molecular formula is C13H19BrN2O. The van der Waals surface area contributed by atoms with E-state index < -0.39 is 0 Å². The third-order valence-electron chi connectivity index (χ3n) is 3.16. The number of hydrogen-bond acceptors (Lipinski definition) is 3. The van der Waals surface area contributed by atoms with E-state index >= 15 is 0 Å². The summed E-state index contributed by atoms with van der Waals surface area (Å²) in [5, 5.41) is 0. The lowest BCUT2D eigenvalue weighted by molar-refractivity contribution is 0.0988. The minimum Gasteiger partial charge on any atom is -0.377 e. The van der Waals surface area contributed by atoms with E-state index in [0.29, 0.717) is 6.04 Å². The number of benzene rings is 1. The van der Waals surface area contributed by atoms with Gasteiger partial charge in [-0.3, -0.25) is 0 Å². The zero-order chi connectivity index (χ0) is 12.4. The van der Waals surface area contributed by atoms with E-state index in [0.717, 1.165) is 24.2 Å². The summed E-state index contributed by atoms with van der Waals surface area (Å²) in [6.45, 7) is 6.71. The summed E-state index contributed by atoms with van der Waals surface area (Å²) >= 11 is 3.53. The number of anilines is 1. The van der Waals surface area contributed by atoms with Gasteiger partial charge < -0.3 is 15.4 Å². The van der Waals surface area contributed by atoms with Crippen LogP contribution in [0.3, 0.4) is 0 Å². The molecule has 2 atom stereocenters. The number of rotatable bonds is 2. The first-order valence-corrected chi connectivity index (χ1v) is 6.78. The molecule has 0 amide bonds. The predicted octanol–water partition coefficient (Wildman–Crippen LogP) is 2.69. The van der Waals surface area contributed by atoms with Crippen LogP contribution in [0.15, 0.2) is 22.7 Å². The van der Waals surface area contributed by atoms with Gasteiger partial charge in [-0.1, -0.05) is 22.0 Å². The van der Waals surface area contributed by atoms with Gasteiger partial charge in [0.05, 0.1) is 13.2 Å². The van der Waals surface area contributed by atoms with Gasteiger partial charge in [0.1, 0.15) is 0 Å². The maximum Gasteiger partial charge on any atom is 0.0668 e. The van der Waals surface area contributed by atoms with E-state index in [2.05, 4.69) is 39.9 Å². The van der Waals surface area contributed by atoms with Crippen LogP contribution < -0.4 is 10.6 Å². The predicted molar refractivity (Wildman–Crippen MR) is 74.4 cm³/mol. The first-order valence-electron chi connectivity index (χ1n) is 5.99. The highest BCUT2D eigenvalue weighted by molar-refractivity contribution is 9.10. The second-order valence-electron chi connectivity index (χ2n) is 4.61. The Kier molecular flexibility index (Phi) is 4.07. The van der Waals surface area contributed by atoms with E-state index in [-0.39, 0.29) is 6.04 Å². The molecule has 1 heterocycles. The molecule has 0 aromatic heterocycles. The summed E-state index contributed by atoms with van der Waals surface area (Å²) in [6, 6.07) is 6.75. The van der Waals surface area contributed by atoms with Crippen molar-refractivity contribution in [3.63, 3.8) is 0 Å². The molecule has 1 aromatic rings. The third-order valence-corrected chi connectivity index (χ3v) is 3.65. The lowest BCUT2D eigenvalue weighted by Crippen LogP contribution is -2.44. The van der Waals surface area contributed by atoms with Crippen LogP contribution >= 0.6 is 15.9 Å². The molecule has 2 rings (SSSR count). The van der Waals surface area contributed by atoms with Gasteiger partial charge in [0.15, 0.2) is 0 Å². The van der Waals surface area contributed by atoms with Crippen molar-refractivity contribution in [1.29, 1.82) is 0 Å². The van der Waals surface area contributed by atoms with Crippen LogP contribution in [-0.2, 0) is 4.74 Å². The fourth-order valence-electron chi connectivity index (χ4n) is 2.24. The normalized spacial score (nSPS) is 22.6. The van der Waals surface area contributed by atoms with Crippen LogP contribution in [0.4, 0.5) is 5.69 Å². The number of morpholine rings is 1. The van der Waals surface area contributed by atoms with E-state index in [1.54, 1.807) is 0 Å². The molecule has 0 aliphatic carbocycles. The number of ether oxygens (including phenoxy) is 1. The minimum atomic E-state index is 0.0492. The van der Waals surface area contributed by atoms with Gasteiger partial charge >= 0.3 is 0 Å². The molecule has 2 unspecified atom stereocenters. The number of hydrogen-bond donors (Lipinski definition) is 1. The number of nitrogens with zero attached hydrogens (tertiary/aromatic N) is 1. The largest absolute Gasteiger partial charge is 0.377 e. The van der Waals surface area contributed by atoms with E-state index in [1.165, 1.54) is 11.3 Å². The second kappa shape index (κ2) is 5.38. The van der Waals surface area contributed by atoms with Crippen molar-refractivity contribution in [1.82, 2.24) is 0 Å². The van der Waals surface area contributed by atoms with E-state index in [1.807, 2.05) is 13.0 Å². The van der Waals surface area contributed by atoms with E-state index in [4.69, 9.17) is 10.5 Å². The van der Waals surface area contributed by atoms with Crippen molar-refractivity contribution in [3.05, 3.63) is 28.2 Å². The highest BCUT2D eigenvalue weighted by atomic mass is 79.9. The first kappa shape index (κ1) is 12.9. The van der Waals surface area contributed by atoms with Crippen LogP contribution in [0.5, 0.6) is 0 Å². The van der Waals surface area contributed by atoms with Gasteiger partial charge in [0, 0.05) is 28.8 Å². The quantitative estimate of drug-likeness (QED) is 0.912. The monoisotopic (exact) mass is 298 g/mol. The summed E-state index contributed by atoms with van der Waals surface area (Å²) in [4.78, 5) is 2.38. The van der Waals surface area contributed by atoms with Gasteiger partial charge in [-0.2, -0.15) is 0 Å². The van der Waals surface area contributed by atoms with Crippen molar-refractivity contribution in [3.8, 4) is 0 Å². The van der Waals surface area contributed by atoms with Crippen molar-refractivity contribution < 1.29 is 4.74 Å². The maximum atomic E-state index is 6.04. The summed E-state index contributed by atoms with van der Waals surface area (Å²) < 4.78 is 6.57. The molecule has 0 radical (unpaired) electrons. The Labute approximate surface area is 111 Å². The van der Waals surface area contributed by atoms with Crippen molar-refractivity contribution in [2.45, 2.75) is 25.9 Å². The molecule has 0 saturated carbocycles. The van der Waals surface area contributed by atoms with E-state index in [9.17, 15) is 0 Å². The Balaban J connectivity index is 2.37. The van der Waals surface area contributed by atoms with Crippen molar-refractivity contribution in [2.24, 2.45) is 5.73 Å². The lowest BCUT2D eigenvalue weighted by Gasteiger charge is -2.37. The summed E-state index contributed by atoms with van der Waals surface area (Å²) in [6.07, 6.45) is 0. The molecule has 1 aliphatic heterocycles. The standard InChI is InChI=1S/C13H19BrN2O/c1-9-8-17-6-5-16(9)13-7-11(14)3-4-12(13)10(2)15/h3-4,7,9-10H,5-6,8,15H2,1-2H3. The Morgan fingerprint density at radius 3 is 2.94 bits per heavy atom. The smallest absolute Gasteiger partial charge is 0.0668 e. The zero-order valence-corrected chi connectivity index (χ0v) is 11.9. The molecule has 1 aliphatic rings. The Hall–Kier alpha value is -0.580. The maximum absolute atomic E-state index is 6.04. The fraction of sp³-hybridized carbons (Fsp3) is 0.538. The average Bonchev–Trinajstić information content (AvgIpc) is 2.29. The Morgan fingerprint density at radius 1 is 1.53 bits per heavy atom. The van der Waals surface area contributed by atoms with Gasteiger partial charge in [0.2, 0.25) is 0 Å². The van der Waals surface area contributed by atoms with Crippen LogP contribution in [0.1, 0.15) is 25.5 Å². The number of nitrogens with two attached hydrogens (primary N) is 1. The van der Waals surface area contributed by atoms with Crippen LogP contribution in [-0.4, -0.2) is 25.8 Å². The zero-order valence-electron chi connectivity index (χ0n) is 10.3. The molecule has 0 spiro atoms. The second-order valence-corrected chi connectivity index (χ2v) is 5.52. The molecule has 17 heavy (non-hydrogen) atoms. The topological polar surface area (TPSA) is 38.5 Å². The van der Waals surface area contributed by atoms with Crippen LogP contribution in [0.25, 0.3) is 0 Å². The molecular weight excluding hydrogens is 280 g/mol. The van der Waals surface area contributed by atoms with Gasteiger partial charge in [-0.15, -0.1) is 0 Å². The average molecular weight is 299 g/mol. The van der Waals surface area contributed by atoms with Crippen LogP contribution in [0, 0.1) is 0 Å². The summed E-state index contributed by atoms with van der Waals surface area (Å²) in [5.41, 5.74) is 8.47. The Bertz CT molecular complexity index is 395. The van der Waals surface area contributed by atoms with Gasteiger partial charge in [-0.05, 0) is 31.5 Å². The molecule has 4 heteroatoms. The lowest BCUT2D eigenvalue weighted by atomic mass is 10.0. The highest BCUT2D eigenvalue weighted by Crippen LogP contribution is 2.30. The summed E-state index contributed by atoms with van der Waals surface area (Å²) in [7, 11) is 0. The molecule has 2 N–H and O–H groups in total.